The second-order valence-electron chi connectivity index (χ2n) is 9.93. The number of sulfone groups is 1. The topological polar surface area (TPSA) is 111 Å². The van der Waals surface area contributed by atoms with Crippen LogP contribution < -0.4 is 0 Å². The average molecular weight is 555 g/mol. The Balaban J connectivity index is 1.53. The summed E-state index contributed by atoms with van der Waals surface area (Å²) in [5, 5.41) is 8.88. The van der Waals surface area contributed by atoms with Gasteiger partial charge in [0.25, 0.3) is 0 Å². The standard InChI is InChI=1S/C29H38N4O5S/c1-4-33(28(34)22-23-10-12-26(13-11-23)39(3,36)37)25-14-18-32(19-15-25)20-16-27(24-8-6-5-7-9-24)38-29(35)31(2)21-17-30/h5-13,25,27H,4,14-16,18-22H2,1-3H3. The molecule has 2 aromatic rings. The number of amides is 2. The van der Waals surface area contributed by atoms with Gasteiger partial charge >= 0.3 is 6.09 Å². The smallest absolute Gasteiger partial charge is 0.410 e. The van der Waals surface area contributed by atoms with Crippen molar-refractivity contribution in [3.8, 4) is 6.07 Å². The van der Waals surface area contributed by atoms with E-state index >= 15 is 0 Å². The first kappa shape index (κ1) is 30.1. The zero-order valence-corrected chi connectivity index (χ0v) is 23.8. The monoisotopic (exact) mass is 554 g/mol. The third-order valence-corrected chi connectivity index (χ3v) is 8.24. The van der Waals surface area contributed by atoms with E-state index in [0.29, 0.717) is 13.0 Å². The Morgan fingerprint density at radius 2 is 1.74 bits per heavy atom. The molecule has 9 nitrogen and oxygen atoms in total. The molecule has 0 saturated carbocycles. The van der Waals surface area contributed by atoms with Crippen molar-refractivity contribution in [2.45, 2.75) is 49.6 Å². The van der Waals surface area contributed by atoms with E-state index in [-0.39, 0.29) is 29.8 Å². The number of likely N-dealkylation sites (tertiary alicyclic amines) is 1. The molecule has 2 amide bonds. The predicted molar refractivity (Wildman–Crippen MR) is 149 cm³/mol. The molecular formula is C29H38N4O5S. The molecule has 1 atom stereocenters. The second-order valence-corrected chi connectivity index (χ2v) is 11.9. The van der Waals surface area contributed by atoms with Crippen LogP contribution in [0.4, 0.5) is 4.79 Å². The quantitative estimate of drug-likeness (QED) is 0.390. The summed E-state index contributed by atoms with van der Waals surface area (Å²) in [5.74, 6) is 0.0422. The van der Waals surface area contributed by atoms with Crippen LogP contribution in [-0.2, 0) is 25.8 Å². The highest BCUT2D eigenvalue weighted by atomic mass is 32.2. The van der Waals surface area contributed by atoms with E-state index in [1.54, 1.807) is 31.3 Å². The van der Waals surface area contributed by atoms with Crippen molar-refractivity contribution in [1.29, 1.82) is 5.26 Å². The van der Waals surface area contributed by atoms with Crippen LogP contribution in [0.5, 0.6) is 0 Å². The zero-order chi connectivity index (χ0) is 28.4. The number of benzene rings is 2. The van der Waals surface area contributed by atoms with Crippen molar-refractivity contribution in [2.75, 3.05) is 46.0 Å². The van der Waals surface area contributed by atoms with Crippen molar-refractivity contribution in [1.82, 2.24) is 14.7 Å². The molecule has 3 rings (SSSR count). The van der Waals surface area contributed by atoms with Gasteiger partial charge in [-0.3, -0.25) is 9.69 Å². The maximum Gasteiger partial charge on any atom is 0.410 e. The van der Waals surface area contributed by atoms with Gasteiger partial charge in [-0.1, -0.05) is 42.5 Å². The Labute approximate surface area is 231 Å². The summed E-state index contributed by atoms with van der Waals surface area (Å²) < 4.78 is 29.1. The fourth-order valence-electron chi connectivity index (χ4n) is 4.87. The molecule has 1 aliphatic heterocycles. The number of carbonyl (C=O) groups excluding carboxylic acids is 2. The predicted octanol–water partition coefficient (Wildman–Crippen LogP) is 3.67. The molecular weight excluding hydrogens is 516 g/mol. The number of ether oxygens (including phenoxy) is 1. The zero-order valence-electron chi connectivity index (χ0n) is 23.0. The normalized spacial score (nSPS) is 15.2. The van der Waals surface area contributed by atoms with Gasteiger partial charge in [0.15, 0.2) is 9.84 Å². The summed E-state index contributed by atoms with van der Waals surface area (Å²) >= 11 is 0. The lowest BCUT2D eigenvalue weighted by molar-refractivity contribution is -0.133. The SMILES string of the molecule is CCN(C(=O)Cc1ccc(S(C)(=O)=O)cc1)C1CCN(CCC(OC(=O)N(C)CC#N)c2ccccc2)CC1. The Morgan fingerprint density at radius 3 is 2.31 bits per heavy atom. The maximum atomic E-state index is 13.1. The highest BCUT2D eigenvalue weighted by Gasteiger charge is 2.28. The summed E-state index contributed by atoms with van der Waals surface area (Å²) in [5.41, 5.74) is 1.71. The molecule has 0 radical (unpaired) electrons. The minimum Gasteiger partial charge on any atom is -0.441 e. The molecule has 0 aromatic heterocycles. The van der Waals surface area contributed by atoms with Crippen molar-refractivity contribution < 1.29 is 22.7 Å². The number of nitrogens with zero attached hydrogens (tertiary/aromatic N) is 4. The number of carbonyl (C=O) groups is 2. The minimum absolute atomic E-state index is 0.0353. The number of piperidine rings is 1. The summed E-state index contributed by atoms with van der Waals surface area (Å²) in [7, 11) is -1.72. The first-order chi connectivity index (χ1) is 18.6. The fourth-order valence-corrected chi connectivity index (χ4v) is 5.50. The third-order valence-electron chi connectivity index (χ3n) is 7.11. The maximum absolute atomic E-state index is 13.1. The molecule has 1 heterocycles. The van der Waals surface area contributed by atoms with Crippen LogP contribution >= 0.6 is 0 Å². The number of hydrogen-bond donors (Lipinski definition) is 0. The Hall–Kier alpha value is -3.42. The van der Waals surface area contributed by atoms with Crippen LogP contribution in [0.3, 0.4) is 0 Å². The van der Waals surface area contributed by atoms with Crippen LogP contribution in [0.25, 0.3) is 0 Å². The van der Waals surface area contributed by atoms with E-state index in [1.165, 1.54) is 11.2 Å². The van der Waals surface area contributed by atoms with E-state index in [2.05, 4.69) is 4.90 Å². The van der Waals surface area contributed by atoms with Crippen LogP contribution in [0.2, 0.25) is 0 Å². The molecule has 10 heteroatoms. The Morgan fingerprint density at radius 1 is 1.10 bits per heavy atom. The molecule has 0 bridgehead atoms. The van der Waals surface area contributed by atoms with E-state index in [0.717, 1.165) is 43.6 Å². The fraction of sp³-hybridized carbons (Fsp3) is 0.483. The molecule has 0 N–H and O–H groups in total. The van der Waals surface area contributed by atoms with Crippen molar-refractivity contribution >= 4 is 21.8 Å². The van der Waals surface area contributed by atoms with E-state index in [9.17, 15) is 18.0 Å². The molecule has 39 heavy (non-hydrogen) atoms. The molecule has 0 spiro atoms. The number of likely N-dealkylation sites (N-methyl/N-ethyl adjacent to an activating group) is 1. The first-order valence-corrected chi connectivity index (χ1v) is 15.2. The van der Waals surface area contributed by atoms with Gasteiger partial charge in [0.05, 0.1) is 17.4 Å². The lowest BCUT2D eigenvalue weighted by Gasteiger charge is -2.38. The molecule has 1 saturated heterocycles. The molecule has 210 valence electrons. The molecule has 2 aromatic carbocycles. The third kappa shape index (κ3) is 8.80. The van der Waals surface area contributed by atoms with Gasteiger partial charge in [0.2, 0.25) is 5.91 Å². The summed E-state index contributed by atoms with van der Waals surface area (Å²) in [4.78, 5) is 31.3. The van der Waals surface area contributed by atoms with Gasteiger partial charge in [-0.2, -0.15) is 5.26 Å². The summed E-state index contributed by atoms with van der Waals surface area (Å²) in [6.45, 7) is 4.98. The van der Waals surface area contributed by atoms with Gasteiger partial charge in [-0.05, 0) is 43.0 Å². The summed E-state index contributed by atoms with van der Waals surface area (Å²) in [6.07, 6.45) is 2.80. The largest absolute Gasteiger partial charge is 0.441 e. The highest BCUT2D eigenvalue weighted by Crippen LogP contribution is 2.25. The van der Waals surface area contributed by atoms with Crippen LogP contribution in [-0.4, -0.2) is 87.2 Å². The van der Waals surface area contributed by atoms with Crippen molar-refractivity contribution in [3.63, 3.8) is 0 Å². The van der Waals surface area contributed by atoms with Crippen molar-refractivity contribution in [2.24, 2.45) is 0 Å². The number of nitriles is 1. The lowest BCUT2D eigenvalue weighted by atomic mass is 10.0. The minimum atomic E-state index is -3.27. The van der Waals surface area contributed by atoms with E-state index in [4.69, 9.17) is 10.00 Å². The molecule has 0 aliphatic carbocycles. The molecule has 1 fully saturated rings. The van der Waals surface area contributed by atoms with E-state index < -0.39 is 22.0 Å². The van der Waals surface area contributed by atoms with Gasteiger partial charge in [0.1, 0.15) is 12.6 Å². The Kier molecular flexibility index (Phi) is 10.9. The Bertz CT molecular complexity index is 1240. The van der Waals surface area contributed by atoms with Gasteiger partial charge in [-0.15, -0.1) is 0 Å². The van der Waals surface area contributed by atoms with Crippen LogP contribution in [0, 0.1) is 11.3 Å². The number of rotatable bonds is 11. The summed E-state index contributed by atoms with van der Waals surface area (Å²) in [6, 6.07) is 18.2. The molecule has 1 unspecified atom stereocenters. The first-order valence-electron chi connectivity index (χ1n) is 13.3. The van der Waals surface area contributed by atoms with Crippen molar-refractivity contribution in [3.05, 3.63) is 65.7 Å². The highest BCUT2D eigenvalue weighted by molar-refractivity contribution is 7.90. The van der Waals surface area contributed by atoms with Crippen LogP contribution in [0.15, 0.2) is 59.5 Å². The van der Waals surface area contributed by atoms with Crippen LogP contribution in [0.1, 0.15) is 43.4 Å². The van der Waals surface area contributed by atoms with E-state index in [1.807, 2.05) is 48.2 Å². The second kappa shape index (κ2) is 14.1. The number of hydrogen-bond acceptors (Lipinski definition) is 7. The van der Waals surface area contributed by atoms with Gasteiger partial charge < -0.3 is 14.5 Å². The molecule has 1 aliphatic rings. The average Bonchev–Trinajstić information content (AvgIpc) is 2.92. The lowest BCUT2D eigenvalue weighted by Crippen LogP contribution is -2.48. The van der Waals surface area contributed by atoms with Gasteiger partial charge in [0, 0.05) is 51.9 Å². The van der Waals surface area contributed by atoms with Gasteiger partial charge in [-0.25, -0.2) is 13.2 Å².